The number of amides is 1. The summed E-state index contributed by atoms with van der Waals surface area (Å²) in [6.45, 7) is 4.51. The standard InChI is InChI=1S/C27H25N9O/c1-2-3-12-35-13-4-5-20(17-35)24-22-9-11-31-27(29)36(22)25(34-24)19-6-7-21(32-16-19)26(37)33-23-14-18(15-28)8-10-30-23/h6-11,14,16,20H,4-5,12-13,17H2,1H3,(H2,29,31)(H,30,33,37). The van der Waals surface area contributed by atoms with Crippen LogP contribution < -0.4 is 11.1 Å². The second-order valence-electron chi connectivity index (χ2n) is 8.77. The van der Waals surface area contributed by atoms with Gasteiger partial charge in [-0.05, 0) is 56.6 Å². The Kier molecular flexibility index (Phi) is 6.75. The number of pyridine rings is 2. The van der Waals surface area contributed by atoms with Gasteiger partial charge in [-0.25, -0.2) is 15.0 Å². The van der Waals surface area contributed by atoms with Gasteiger partial charge < -0.3 is 11.1 Å². The van der Waals surface area contributed by atoms with E-state index in [0.29, 0.717) is 22.9 Å². The number of anilines is 2. The third-order valence-electron chi connectivity index (χ3n) is 6.37. The maximum Gasteiger partial charge on any atom is 0.275 e. The van der Waals surface area contributed by atoms with Crippen LogP contribution in [0.1, 0.15) is 47.4 Å². The van der Waals surface area contributed by atoms with E-state index in [4.69, 9.17) is 16.0 Å². The summed E-state index contributed by atoms with van der Waals surface area (Å²) in [7, 11) is 0. The van der Waals surface area contributed by atoms with Gasteiger partial charge in [0.15, 0.2) is 0 Å². The van der Waals surface area contributed by atoms with Gasteiger partial charge in [-0.15, -0.1) is 5.92 Å². The number of hydrogen-bond donors (Lipinski definition) is 2. The maximum atomic E-state index is 12.7. The third kappa shape index (κ3) is 4.96. The van der Waals surface area contributed by atoms with Gasteiger partial charge in [0.05, 0.1) is 29.4 Å². The van der Waals surface area contributed by atoms with Gasteiger partial charge in [-0.1, -0.05) is 5.92 Å². The van der Waals surface area contributed by atoms with E-state index in [9.17, 15) is 4.79 Å². The molecule has 1 saturated heterocycles. The number of nitriles is 1. The lowest BCUT2D eigenvalue weighted by Crippen LogP contribution is -2.34. The van der Waals surface area contributed by atoms with Gasteiger partial charge in [-0.2, -0.15) is 5.26 Å². The van der Waals surface area contributed by atoms with Gasteiger partial charge in [0.1, 0.15) is 17.3 Å². The van der Waals surface area contributed by atoms with E-state index in [1.807, 2.05) is 23.5 Å². The molecule has 4 aromatic rings. The Morgan fingerprint density at radius 1 is 1.22 bits per heavy atom. The van der Waals surface area contributed by atoms with Crippen LogP contribution in [0.5, 0.6) is 0 Å². The molecule has 0 radical (unpaired) electrons. The molecule has 10 heteroatoms. The molecule has 1 unspecified atom stereocenters. The molecule has 0 saturated carbocycles. The maximum absolute atomic E-state index is 12.7. The molecular formula is C27H25N9O. The summed E-state index contributed by atoms with van der Waals surface area (Å²) in [5, 5.41) is 11.7. The zero-order chi connectivity index (χ0) is 25.8. The fourth-order valence-corrected chi connectivity index (χ4v) is 4.60. The first-order valence-corrected chi connectivity index (χ1v) is 12.0. The number of piperidine rings is 1. The molecule has 1 aliphatic heterocycles. The first-order valence-electron chi connectivity index (χ1n) is 12.0. The number of nitrogens with zero attached hydrogens (tertiary/aromatic N) is 7. The third-order valence-corrected chi connectivity index (χ3v) is 6.37. The molecule has 1 aliphatic rings. The molecule has 1 atom stereocenters. The summed E-state index contributed by atoms with van der Waals surface area (Å²) in [6.07, 6.45) is 6.87. The topological polar surface area (TPSA) is 138 Å². The predicted molar refractivity (Wildman–Crippen MR) is 139 cm³/mol. The number of carbonyl (C=O) groups is 1. The van der Waals surface area contributed by atoms with Crippen molar-refractivity contribution in [3.05, 3.63) is 65.9 Å². The van der Waals surface area contributed by atoms with Crippen molar-refractivity contribution in [1.82, 2.24) is 29.2 Å². The van der Waals surface area contributed by atoms with Crippen molar-refractivity contribution in [3.8, 4) is 29.3 Å². The van der Waals surface area contributed by atoms with E-state index in [2.05, 4.69) is 37.0 Å². The summed E-state index contributed by atoms with van der Waals surface area (Å²) >= 11 is 0. The number of nitrogens with two attached hydrogens (primary N) is 1. The summed E-state index contributed by atoms with van der Waals surface area (Å²) < 4.78 is 1.84. The van der Waals surface area contributed by atoms with Gasteiger partial charge >= 0.3 is 0 Å². The van der Waals surface area contributed by atoms with Gasteiger partial charge in [0.25, 0.3) is 5.91 Å². The van der Waals surface area contributed by atoms with Crippen molar-refractivity contribution >= 4 is 23.2 Å². The lowest BCUT2D eigenvalue weighted by atomic mass is 9.94. The Morgan fingerprint density at radius 2 is 2.08 bits per heavy atom. The highest BCUT2D eigenvalue weighted by molar-refractivity contribution is 6.02. The fourth-order valence-electron chi connectivity index (χ4n) is 4.60. The highest BCUT2D eigenvalue weighted by atomic mass is 16.1. The summed E-state index contributed by atoms with van der Waals surface area (Å²) in [6, 6.07) is 10.4. The molecule has 4 aromatic heterocycles. The second kappa shape index (κ2) is 10.4. The summed E-state index contributed by atoms with van der Waals surface area (Å²) in [5.41, 5.74) is 9.51. The Balaban J connectivity index is 1.44. The molecule has 0 aliphatic carbocycles. The number of fused-ring (bicyclic) bond motifs is 1. The smallest absolute Gasteiger partial charge is 0.275 e. The Morgan fingerprint density at radius 3 is 2.86 bits per heavy atom. The SMILES string of the molecule is CC#CCN1CCCC(c2nc(-c3ccc(C(=O)Nc4cc(C#N)ccn4)nc3)n3c(N)nccc23)C1. The highest BCUT2D eigenvalue weighted by Crippen LogP contribution is 2.33. The number of imidazole rings is 1. The minimum atomic E-state index is -0.429. The number of aromatic nitrogens is 5. The van der Waals surface area contributed by atoms with Crippen LogP contribution in [0.15, 0.2) is 48.9 Å². The zero-order valence-corrected chi connectivity index (χ0v) is 20.3. The molecule has 37 heavy (non-hydrogen) atoms. The lowest BCUT2D eigenvalue weighted by Gasteiger charge is -2.30. The van der Waals surface area contributed by atoms with Gasteiger partial charge in [0.2, 0.25) is 5.95 Å². The van der Waals surface area contributed by atoms with E-state index in [0.717, 1.165) is 43.7 Å². The monoisotopic (exact) mass is 491 g/mol. The quantitative estimate of drug-likeness (QED) is 0.406. The van der Waals surface area contributed by atoms with E-state index in [1.165, 1.54) is 12.3 Å². The molecule has 3 N–H and O–H groups in total. The van der Waals surface area contributed by atoms with Crippen molar-refractivity contribution in [2.75, 3.05) is 30.7 Å². The fraction of sp³-hybridized carbons (Fsp3) is 0.259. The van der Waals surface area contributed by atoms with Crippen LogP contribution in [0, 0.1) is 23.2 Å². The molecule has 0 bridgehead atoms. The minimum absolute atomic E-state index is 0.208. The normalized spacial score (nSPS) is 15.5. The molecule has 184 valence electrons. The highest BCUT2D eigenvalue weighted by Gasteiger charge is 2.27. The van der Waals surface area contributed by atoms with Crippen molar-refractivity contribution < 1.29 is 4.79 Å². The largest absolute Gasteiger partial charge is 0.369 e. The van der Waals surface area contributed by atoms with E-state index in [-0.39, 0.29) is 17.4 Å². The van der Waals surface area contributed by atoms with E-state index < -0.39 is 5.91 Å². The van der Waals surface area contributed by atoms with Crippen molar-refractivity contribution in [2.24, 2.45) is 0 Å². The number of nitrogens with one attached hydrogen (secondary N) is 1. The van der Waals surface area contributed by atoms with E-state index in [1.54, 1.807) is 30.6 Å². The van der Waals surface area contributed by atoms with E-state index >= 15 is 0 Å². The van der Waals surface area contributed by atoms with Crippen LogP contribution in [0.2, 0.25) is 0 Å². The molecule has 1 amide bonds. The lowest BCUT2D eigenvalue weighted by molar-refractivity contribution is 0.102. The Labute approximate surface area is 214 Å². The number of nitrogen functional groups attached to an aromatic ring is 1. The van der Waals surface area contributed by atoms with Gasteiger partial charge in [0, 0.05) is 36.6 Å². The van der Waals surface area contributed by atoms with Crippen molar-refractivity contribution in [2.45, 2.75) is 25.7 Å². The van der Waals surface area contributed by atoms with Crippen molar-refractivity contribution in [3.63, 3.8) is 0 Å². The Bertz CT molecular complexity index is 1560. The number of carbonyl (C=O) groups excluding carboxylic acids is 1. The van der Waals surface area contributed by atoms with Crippen LogP contribution in [0.4, 0.5) is 11.8 Å². The van der Waals surface area contributed by atoms with Gasteiger partial charge in [-0.3, -0.25) is 19.1 Å². The van der Waals surface area contributed by atoms with Crippen LogP contribution in [0.3, 0.4) is 0 Å². The summed E-state index contributed by atoms with van der Waals surface area (Å²) in [5.74, 6) is 7.20. The minimum Gasteiger partial charge on any atom is -0.369 e. The van der Waals surface area contributed by atoms with Crippen LogP contribution in [-0.4, -0.2) is 54.8 Å². The van der Waals surface area contributed by atoms with Crippen molar-refractivity contribution in [1.29, 1.82) is 5.26 Å². The first kappa shape index (κ1) is 23.9. The molecule has 0 aromatic carbocycles. The van der Waals surface area contributed by atoms with Crippen LogP contribution in [-0.2, 0) is 0 Å². The molecule has 5 heterocycles. The van der Waals surface area contributed by atoms with Crippen LogP contribution >= 0.6 is 0 Å². The number of rotatable bonds is 5. The molecule has 0 spiro atoms. The first-order chi connectivity index (χ1) is 18.1. The summed E-state index contributed by atoms with van der Waals surface area (Å²) in [4.78, 5) is 32.8. The van der Waals surface area contributed by atoms with Crippen LogP contribution in [0.25, 0.3) is 16.9 Å². The molecule has 1 fully saturated rings. The average molecular weight is 492 g/mol. The zero-order valence-electron chi connectivity index (χ0n) is 20.3. The molecular weight excluding hydrogens is 466 g/mol. The predicted octanol–water partition coefficient (Wildman–Crippen LogP) is 3.10. The Hall–Kier alpha value is -4.80. The second-order valence-corrected chi connectivity index (χ2v) is 8.77. The number of hydrogen-bond acceptors (Lipinski definition) is 8. The average Bonchev–Trinajstić information content (AvgIpc) is 3.33. The number of likely N-dealkylation sites (tertiary alicyclic amines) is 1. The molecule has 10 nitrogen and oxygen atoms in total. The molecule has 5 rings (SSSR count).